The highest BCUT2D eigenvalue weighted by Gasteiger charge is 2.30. The maximum Gasteiger partial charge on any atom is 0.416 e. The van der Waals surface area contributed by atoms with Crippen molar-refractivity contribution in [2.24, 2.45) is 0 Å². The summed E-state index contributed by atoms with van der Waals surface area (Å²) in [4.78, 5) is 13.2. The average molecular weight is 409 g/mol. The van der Waals surface area contributed by atoms with Crippen LogP contribution in [0.4, 0.5) is 18.9 Å². The van der Waals surface area contributed by atoms with Crippen molar-refractivity contribution in [2.75, 3.05) is 18.4 Å². The first-order valence-electron chi connectivity index (χ1n) is 9.02. The average Bonchev–Trinajstić information content (AvgIpc) is 3.33. The molecular formula is C19H20F3N4O3+. The van der Waals surface area contributed by atoms with E-state index in [4.69, 9.17) is 8.83 Å². The van der Waals surface area contributed by atoms with Crippen molar-refractivity contribution in [3.05, 3.63) is 54.1 Å². The number of nitrogens with zero attached hydrogens (tertiary/aromatic N) is 2. The largest absolute Gasteiger partial charge is 0.459 e. The summed E-state index contributed by atoms with van der Waals surface area (Å²) in [5.41, 5.74) is -0.719. The molecule has 1 unspecified atom stereocenters. The molecule has 1 atom stereocenters. The summed E-state index contributed by atoms with van der Waals surface area (Å²) in [6.07, 6.45) is -2.18. The van der Waals surface area contributed by atoms with E-state index in [0.29, 0.717) is 24.7 Å². The van der Waals surface area contributed by atoms with Gasteiger partial charge >= 0.3 is 6.18 Å². The molecule has 3 rings (SSSR count). The number of furan rings is 1. The fourth-order valence-electron chi connectivity index (χ4n) is 2.84. The number of hydrogen-bond acceptors (Lipinski definition) is 5. The zero-order valence-corrected chi connectivity index (χ0v) is 15.6. The number of halogens is 3. The Morgan fingerprint density at radius 2 is 2.03 bits per heavy atom. The topological polar surface area (TPSA) is 85.6 Å². The highest BCUT2D eigenvalue weighted by atomic mass is 19.4. The monoisotopic (exact) mass is 409 g/mol. The normalized spacial score (nSPS) is 12.7. The second kappa shape index (κ2) is 8.91. The van der Waals surface area contributed by atoms with Gasteiger partial charge in [0.05, 0.1) is 18.4 Å². The fraction of sp³-hybridized carbons (Fsp3) is 0.316. The van der Waals surface area contributed by atoms with Gasteiger partial charge in [-0.25, -0.2) is 0 Å². The number of hydrogen-bond donors (Lipinski definition) is 2. The molecule has 0 fully saturated rings. The number of rotatable bonds is 8. The van der Waals surface area contributed by atoms with Crippen LogP contribution >= 0.6 is 0 Å². The zero-order valence-electron chi connectivity index (χ0n) is 15.6. The van der Waals surface area contributed by atoms with E-state index in [9.17, 15) is 18.0 Å². The van der Waals surface area contributed by atoms with Crippen molar-refractivity contribution in [2.45, 2.75) is 26.1 Å². The van der Waals surface area contributed by atoms with E-state index in [1.54, 1.807) is 12.1 Å². The number of amides is 1. The minimum absolute atomic E-state index is 0.0442. The molecule has 154 valence electrons. The van der Waals surface area contributed by atoms with Gasteiger partial charge in [0.25, 0.3) is 17.7 Å². The van der Waals surface area contributed by atoms with Crippen LogP contribution in [0.15, 0.2) is 51.5 Å². The number of carbonyl (C=O) groups is 1. The molecule has 0 saturated carbocycles. The van der Waals surface area contributed by atoms with E-state index in [0.717, 1.165) is 23.5 Å². The lowest BCUT2D eigenvalue weighted by Gasteiger charge is -2.17. The standard InChI is InChI=1S/C19H19F3N4O3/c1-2-8-26(12-17-24-25-18(29-17)15-7-4-9-28-15)11-16(27)23-14-6-3-5-13(10-14)19(20,21)22/h3-7,9-10H,2,8,11-12H2,1H3,(H,23,27)/p+1. The quantitative estimate of drug-likeness (QED) is 0.598. The fourth-order valence-corrected chi connectivity index (χ4v) is 2.84. The summed E-state index contributed by atoms with van der Waals surface area (Å²) in [5, 5.41) is 10.4. The number of benzene rings is 1. The molecule has 1 amide bonds. The molecule has 2 aromatic heterocycles. The first-order valence-corrected chi connectivity index (χ1v) is 9.02. The zero-order chi connectivity index (χ0) is 20.9. The first kappa shape index (κ1) is 20.6. The lowest BCUT2D eigenvalue weighted by Crippen LogP contribution is -3.11. The Morgan fingerprint density at radius 1 is 1.21 bits per heavy atom. The van der Waals surface area contributed by atoms with Crippen LogP contribution in [0.1, 0.15) is 24.8 Å². The third-order valence-corrected chi connectivity index (χ3v) is 4.09. The molecule has 0 radical (unpaired) electrons. The Kier molecular flexibility index (Phi) is 6.32. The summed E-state index contributed by atoms with van der Waals surface area (Å²) < 4.78 is 49.2. The van der Waals surface area contributed by atoms with Gasteiger partial charge in [0.15, 0.2) is 18.8 Å². The molecule has 0 aliphatic carbocycles. The molecule has 1 aromatic carbocycles. The summed E-state index contributed by atoms with van der Waals surface area (Å²) in [6, 6.07) is 7.92. The number of carbonyl (C=O) groups excluding carboxylic acids is 1. The summed E-state index contributed by atoms with van der Waals surface area (Å²) >= 11 is 0. The summed E-state index contributed by atoms with van der Waals surface area (Å²) in [7, 11) is 0. The Balaban J connectivity index is 1.62. The lowest BCUT2D eigenvalue weighted by atomic mass is 10.2. The molecule has 0 saturated heterocycles. The number of aromatic nitrogens is 2. The highest BCUT2D eigenvalue weighted by Crippen LogP contribution is 2.30. The maximum absolute atomic E-state index is 12.8. The third-order valence-electron chi connectivity index (χ3n) is 4.09. The summed E-state index contributed by atoms with van der Waals surface area (Å²) in [6.45, 7) is 2.96. The van der Waals surface area contributed by atoms with Crippen LogP contribution in [0.3, 0.4) is 0 Å². The van der Waals surface area contributed by atoms with Crippen LogP contribution in [-0.4, -0.2) is 29.2 Å². The van der Waals surface area contributed by atoms with Crippen LogP contribution in [0, 0.1) is 0 Å². The minimum atomic E-state index is -4.47. The number of anilines is 1. The lowest BCUT2D eigenvalue weighted by molar-refractivity contribution is -0.907. The van der Waals surface area contributed by atoms with E-state index >= 15 is 0 Å². The molecule has 2 heterocycles. The van der Waals surface area contributed by atoms with Crippen LogP contribution < -0.4 is 10.2 Å². The second-order valence-electron chi connectivity index (χ2n) is 6.46. The predicted molar refractivity (Wildman–Crippen MR) is 96.8 cm³/mol. The van der Waals surface area contributed by atoms with E-state index in [1.165, 1.54) is 18.4 Å². The van der Waals surface area contributed by atoms with Crippen LogP contribution in [0.5, 0.6) is 0 Å². The van der Waals surface area contributed by atoms with Gasteiger partial charge in [-0.1, -0.05) is 13.0 Å². The molecule has 0 aliphatic heterocycles. The maximum atomic E-state index is 12.8. The first-order chi connectivity index (χ1) is 13.8. The van der Waals surface area contributed by atoms with Gasteiger partial charge in [-0.15, -0.1) is 10.2 Å². The molecule has 2 N–H and O–H groups in total. The number of alkyl halides is 3. The minimum Gasteiger partial charge on any atom is -0.459 e. The predicted octanol–water partition coefficient (Wildman–Crippen LogP) is 2.78. The van der Waals surface area contributed by atoms with Crippen LogP contribution in [0.2, 0.25) is 0 Å². The van der Waals surface area contributed by atoms with E-state index in [2.05, 4.69) is 15.5 Å². The van der Waals surface area contributed by atoms with Gasteiger partial charge in [0.1, 0.15) is 0 Å². The Bertz CT molecular complexity index is 938. The van der Waals surface area contributed by atoms with Crippen LogP contribution in [0.25, 0.3) is 11.7 Å². The highest BCUT2D eigenvalue weighted by molar-refractivity contribution is 5.91. The van der Waals surface area contributed by atoms with Crippen molar-refractivity contribution in [3.8, 4) is 11.7 Å². The van der Waals surface area contributed by atoms with Crippen molar-refractivity contribution < 1.29 is 31.7 Å². The Hall–Kier alpha value is -3.14. The van der Waals surface area contributed by atoms with Gasteiger partial charge in [-0.05, 0) is 36.8 Å². The van der Waals surface area contributed by atoms with Gasteiger partial charge < -0.3 is 19.1 Å². The van der Waals surface area contributed by atoms with E-state index < -0.39 is 17.6 Å². The smallest absolute Gasteiger partial charge is 0.416 e. The van der Waals surface area contributed by atoms with Crippen molar-refractivity contribution in [1.29, 1.82) is 0 Å². The Labute approximate surface area is 164 Å². The van der Waals surface area contributed by atoms with Gasteiger partial charge in [-0.3, -0.25) is 4.79 Å². The molecule has 0 spiro atoms. The van der Waals surface area contributed by atoms with Gasteiger partial charge in [0, 0.05) is 5.69 Å². The molecule has 3 aromatic rings. The van der Waals surface area contributed by atoms with Crippen molar-refractivity contribution >= 4 is 11.6 Å². The molecular weight excluding hydrogens is 389 g/mol. The Morgan fingerprint density at radius 3 is 2.72 bits per heavy atom. The molecule has 0 aliphatic rings. The molecule has 10 heteroatoms. The van der Waals surface area contributed by atoms with Crippen molar-refractivity contribution in [1.82, 2.24) is 10.2 Å². The second-order valence-corrected chi connectivity index (χ2v) is 6.46. The van der Waals surface area contributed by atoms with Crippen LogP contribution in [-0.2, 0) is 17.5 Å². The third kappa shape index (κ3) is 5.67. The van der Waals surface area contributed by atoms with E-state index in [1.807, 2.05) is 6.92 Å². The van der Waals surface area contributed by atoms with Crippen molar-refractivity contribution in [3.63, 3.8) is 0 Å². The van der Waals surface area contributed by atoms with E-state index in [-0.39, 0.29) is 18.1 Å². The molecule has 0 bridgehead atoms. The molecule has 29 heavy (non-hydrogen) atoms. The molecule has 7 nitrogen and oxygen atoms in total. The number of quaternary nitrogens is 1. The number of nitrogens with one attached hydrogen (secondary N) is 2. The van der Waals surface area contributed by atoms with Gasteiger partial charge in [-0.2, -0.15) is 13.2 Å². The van der Waals surface area contributed by atoms with Gasteiger partial charge in [0.2, 0.25) is 0 Å². The SMILES string of the molecule is CCC[NH+](CC(=O)Nc1cccc(C(F)(F)F)c1)Cc1nnc(-c2ccco2)o1. The summed E-state index contributed by atoms with van der Waals surface area (Å²) in [5.74, 6) is 0.627.